The van der Waals surface area contributed by atoms with Crippen molar-refractivity contribution >= 4 is 12.0 Å². The Kier molecular flexibility index (Phi) is 5.50. The highest BCUT2D eigenvalue weighted by Crippen LogP contribution is 2.22. The van der Waals surface area contributed by atoms with Gasteiger partial charge in [-0.05, 0) is 25.7 Å². The Hall–Kier alpha value is -1.70. The third kappa shape index (κ3) is 3.95. The number of carboxylic acids is 1. The number of urea groups is 1. The fraction of sp³-hybridized carbons (Fsp3) is 0.692. The van der Waals surface area contributed by atoms with Gasteiger partial charge in [0.1, 0.15) is 6.04 Å². The van der Waals surface area contributed by atoms with Crippen LogP contribution in [0.4, 0.5) is 4.79 Å². The van der Waals surface area contributed by atoms with Crippen LogP contribution in [0.2, 0.25) is 0 Å². The van der Waals surface area contributed by atoms with Gasteiger partial charge in [0.2, 0.25) is 0 Å². The Morgan fingerprint density at radius 1 is 1.50 bits per heavy atom. The Balaban J connectivity index is 2.52. The molecule has 0 aromatic carbocycles. The van der Waals surface area contributed by atoms with Gasteiger partial charge in [0, 0.05) is 19.5 Å². The summed E-state index contributed by atoms with van der Waals surface area (Å²) in [5.74, 6) is 5.02. The molecule has 0 saturated carbocycles. The SMILES string of the molecule is CC#CCCNC(=O)N1CCC(C)CC1C(=O)O. The topological polar surface area (TPSA) is 69.6 Å². The van der Waals surface area contributed by atoms with E-state index in [4.69, 9.17) is 5.11 Å². The molecule has 0 radical (unpaired) electrons. The van der Waals surface area contributed by atoms with Crippen LogP contribution in [-0.2, 0) is 4.79 Å². The molecular weight excluding hydrogens is 232 g/mol. The predicted octanol–water partition coefficient (Wildman–Crippen LogP) is 1.29. The lowest BCUT2D eigenvalue weighted by molar-refractivity contribution is -0.143. The molecule has 1 saturated heterocycles. The van der Waals surface area contributed by atoms with E-state index in [9.17, 15) is 9.59 Å². The van der Waals surface area contributed by atoms with E-state index in [2.05, 4.69) is 17.2 Å². The molecular formula is C13H20N2O3. The summed E-state index contributed by atoms with van der Waals surface area (Å²) >= 11 is 0. The van der Waals surface area contributed by atoms with E-state index in [1.165, 1.54) is 4.90 Å². The van der Waals surface area contributed by atoms with Crippen molar-refractivity contribution in [3.8, 4) is 11.8 Å². The van der Waals surface area contributed by atoms with Gasteiger partial charge in [-0.15, -0.1) is 11.8 Å². The summed E-state index contributed by atoms with van der Waals surface area (Å²) in [6.07, 6.45) is 1.97. The number of hydrogen-bond donors (Lipinski definition) is 2. The summed E-state index contributed by atoms with van der Waals surface area (Å²) in [5.41, 5.74) is 0. The summed E-state index contributed by atoms with van der Waals surface area (Å²) < 4.78 is 0. The summed E-state index contributed by atoms with van der Waals surface area (Å²) in [6, 6.07) is -1.00. The van der Waals surface area contributed by atoms with Crippen LogP contribution in [0.3, 0.4) is 0 Å². The third-order valence-electron chi connectivity index (χ3n) is 3.11. The normalized spacial score (nSPS) is 22.9. The van der Waals surface area contributed by atoms with Gasteiger partial charge in [-0.3, -0.25) is 0 Å². The molecule has 5 nitrogen and oxygen atoms in total. The van der Waals surface area contributed by atoms with Crippen molar-refractivity contribution in [2.24, 2.45) is 5.92 Å². The number of carbonyl (C=O) groups is 2. The van der Waals surface area contributed by atoms with E-state index in [0.29, 0.717) is 31.8 Å². The first kappa shape index (κ1) is 14.4. The summed E-state index contributed by atoms with van der Waals surface area (Å²) in [7, 11) is 0. The van der Waals surface area contributed by atoms with Gasteiger partial charge in [0.05, 0.1) is 0 Å². The quantitative estimate of drug-likeness (QED) is 0.587. The van der Waals surface area contributed by atoms with E-state index < -0.39 is 12.0 Å². The lowest BCUT2D eigenvalue weighted by Gasteiger charge is -2.35. The second kappa shape index (κ2) is 6.90. The molecule has 0 aromatic rings. The number of likely N-dealkylation sites (tertiary alicyclic amines) is 1. The van der Waals surface area contributed by atoms with Gasteiger partial charge >= 0.3 is 12.0 Å². The molecule has 1 aliphatic heterocycles. The fourth-order valence-electron chi connectivity index (χ4n) is 2.08. The maximum absolute atomic E-state index is 11.9. The average molecular weight is 252 g/mol. The molecule has 2 amide bonds. The summed E-state index contributed by atoms with van der Waals surface area (Å²) in [5, 5.41) is 11.8. The molecule has 1 aliphatic rings. The van der Waals surface area contributed by atoms with E-state index in [0.717, 1.165) is 6.42 Å². The minimum atomic E-state index is -0.926. The molecule has 100 valence electrons. The number of piperidine rings is 1. The van der Waals surface area contributed by atoms with Crippen LogP contribution >= 0.6 is 0 Å². The van der Waals surface area contributed by atoms with Crippen molar-refractivity contribution < 1.29 is 14.7 Å². The first-order valence-corrected chi connectivity index (χ1v) is 6.23. The molecule has 0 aliphatic carbocycles. The van der Waals surface area contributed by atoms with Gasteiger partial charge in [-0.2, -0.15) is 0 Å². The Morgan fingerprint density at radius 2 is 2.22 bits per heavy atom. The number of hydrogen-bond acceptors (Lipinski definition) is 2. The maximum atomic E-state index is 11.9. The molecule has 1 rings (SSSR count). The van der Waals surface area contributed by atoms with Gasteiger partial charge in [-0.1, -0.05) is 6.92 Å². The van der Waals surface area contributed by atoms with Crippen LogP contribution in [0.5, 0.6) is 0 Å². The molecule has 0 aromatic heterocycles. The number of amides is 2. The van der Waals surface area contributed by atoms with Crippen LogP contribution in [0.25, 0.3) is 0 Å². The largest absolute Gasteiger partial charge is 0.480 e. The van der Waals surface area contributed by atoms with Gasteiger partial charge in [0.15, 0.2) is 0 Å². The Labute approximate surface area is 108 Å². The number of nitrogens with one attached hydrogen (secondary N) is 1. The monoisotopic (exact) mass is 252 g/mol. The molecule has 0 bridgehead atoms. The number of carboxylic acid groups (broad SMARTS) is 1. The van der Waals surface area contributed by atoms with Crippen LogP contribution in [0.15, 0.2) is 0 Å². The number of nitrogens with zero attached hydrogens (tertiary/aromatic N) is 1. The molecule has 5 heteroatoms. The first-order valence-electron chi connectivity index (χ1n) is 6.23. The van der Waals surface area contributed by atoms with E-state index in [-0.39, 0.29) is 6.03 Å². The maximum Gasteiger partial charge on any atom is 0.326 e. The summed E-state index contributed by atoms with van der Waals surface area (Å²) in [6.45, 7) is 4.72. The van der Waals surface area contributed by atoms with Crippen molar-refractivity contribution in [1.82, 2.24) is 10.2 Å². The van der Waals surface area contributed by atoms with Crippen LogP contribution in [0.1, 0.15) is 33.1 Å². The minimum Gasteiger partial charge on any atom is -0.480 e. The fourth-order valence-corrected chi connectivity index (χ4v) is 2.08. The number of rotatable bonds is 3. The first-order chi connectivity index (χ1) is 8.56. The zero-order valence-electron chi connectivity index (χ0n) is 10.9. The van der Waals surface area contributed by atoms with Crippen molar-refractivity contribution in [1.29, 1.82) is 0 Å². The Morgan fingerprint density at radius 3 is 2.83 bits per heavy atom. The number of aliphatic carboxylic acids is 1. The van der Waals surface area contributed by atoms with Gasteiger partial charge in [0.25, 0.3) is 0 Å². The van der Waals surface area contributed by atoms with E-state index >= 15 is 0 Å². The standard InChI is InChI=1S/C13H20N2O3/c1-3-4-5-7-14-13(18)15-8-6-10(2)9-11(15)12(16)17/h10-11H,5-9H2,1-2H3,(H,14,18)(H,16,17). The van der Waals surface area contributed by atoms with E-state index in [1.807, 2.05) is 6.92 Å². The van der Waals surface area contributed by atoms with Gasteiger partial charge in [-0.25, -0.2) is 9.59 Å². The molecule has 2 atom stereocenters. The summed E-state index contributed by atoms with van der Waals surface area (Å²) in [4.78, 5) is 24.5. The lowest BCUT2D eigenvalue weighted by Crippen LogP contribution is -2.53. The van der Waals surface area contributed by atoms with Crippen molar-refractivity contribution in [3.63, 3.8) is 0 Å². The molecule has 2 N–H and O–H groups in total. The van der Waals surface area contributed by atoms with Crippen LogP contribution in [0, 0.1) is 17.8 Å². The van der Waals surface area contributed by atoms with E-state index in [1.54, 1.807) is 6.92 Å². The zero-order chi connectivity index (χ0) is 13.5. The average Bonchev–Trinajstić information content (AvgIpc) is 2.34. The second-order valence-corrected chi connectivity index (χ2v) is 4.59. The van der Waals surface area contributed by atoms with Gasteiger partial charge < -0.3 is 15.3 Å². The molecule has 0 spiro atoms. The zero-order valence-corrected chi connectivity index (χ0v) is 10.9. The molecule has 2 unspecified atom stereocenters. The smallest absolute Gasteiger partial charge is 0.326 e. The predicted molar refractivity (Wildman–Crippen MR) is 68.0 cm³/mol. The third-order valence-corrected chi connectivity index (χ3v) is 3.11. The van der Waals surface area contributed by atoms with Crippen molar-refractivity contribution in [2.75, 3.05) is 13.1 Å². The second-order valence-electron chi connectivity index (χ2n) is 4.59. The van der Waals surface area contributed by atoms with Crippen LogP contribution < -0.4 is 5.32 Å². The highest BCUT2D eigenvalue weighted by molar-refractivity contribution is 5.82. The van der Waals surface area contributed by atoms with Crippen molar-refractivity contribution in [3.05, 3.63) is 0 Å². The highest BCUT2D eigenvalue weighted by Gasteiger charge is 2.34. The molecule has 1 heterocycles. The lowest BCUT2D eigenvalue weighted by atomic mass is 9.93. The minimum absolute atomic E-state index is 0.299. The molecule has 1 fully saturated rings. The highest BCUT2D eigenvalue weighted by atomic mass is 16.4. The number of carbonyl (C=O) groups excluding carboxylic acids is 1. The van der Waals surface area contributed by atoms with Crippen LogP contribution in [-0.4, -0.2) is 41.1 Å². The molecule has 18 heavy (non-hydrogen) atoms. The Bertz CT molecular complexity index is 370. The van der Waals surface area contributed by atoms with Crippen molar-refractivity contribution in [2.45, 2.75) is 39.2 Å².